The molecule has 2 aromatic rings. The number of carbonyl (C=O) groups excluding carboxylic acids is 5. The van der Waals surface area contributed by atoms with Gasteiger partial charge in [-0.05, 0) is 44.0 Å². The van der Waals surface area contributed by atoms with Gasteiger partial charge in [-0.2, -0.15) is 0 Å². The van der Waals surface area contributed by atoms with Gasteiger partial charge in [0.2, 0.25) is 11.8 Å². The molecule has 0 radical (unpaired) electrons. The van der Waals surface area contributed by atoms with E-state index < -0.39 is 63.7 Å². The minimum Gasteiger partial charge on any atom is -0.459 e. The van der Waals surface area contributed by atoms with Crippen molar-refractivity contribution < 1.29 is 38.4 Å². The maximum absolute atomic E-state index is 13.3. The number of ether oxygens (including phenoxy) is 2. The lowest BCUT2D eigenvalue weighted by Crippen LogP contribution is -2.76. The molecule has 2 N–H and O–H groups in total. The smallest absolute Gasteiger partial charge is 0.408 e. The quantitative estimate of drug-likeness (QED) is 0.154. The second kappa shape index (κ2) is 12.0. The van der Waals surface area contributed by atoms with E-state index in [9.17, 15) is 34.1 Å². The zero-order valence-electron chi connectivity index (χ0n) is 22.4. The average molecular weight is 585 g/mol. The van der Waals surface area contributed by atoms with Gasteiger partial charge in [-0.25, -0.2) is 9.59 Å². The third-order valence-electron chi connectivity index (χ3n) is 6.16. The van der Waals surface area contributed by atoms with Gasteiger partial charge in [-0.1, -0.05) is 30.3 Å². The molecule has 0 bridgehead atoms. The number of Topliss-reactive ketones (excluding diaryl/α,β-unsaturated/α-hetero) is 1. The highest BCUT2D eigenvalue weighted by Gasteiger charge is 2.58. The van der Waals surface area contributed by atoms with E-state index >= 15 is 0 Å². The van der Waals surface area contributed by atoms with Gasteiger partial charge in [0.05, 0.1) is 10.7 Å². The number of nitro benzene ring substituents is 1. The lowest BCUT2D eigenvalue weighted by molar-refractivity contribution is -0.384. The van der Waals surface area contributed by atoms with E-state index in [-0.39, 0.29) is 18.0 Å². The number of esters is 1. The van der Waals surface area contributed by atoms with Crippen LogP contribution >= 0.6 is 11.8 Å². The predicted molar refractivity (Wildman–Crippen MR) is 145 cm³/mol. The van der Waals surface area contributed by atoms with Crippen LogP contribution in [0.1, 0.15) is 37.9 Å². The van der Waals surface area contributed by atoms with Crippen LogP contribution in [0.3, 0.4) is 0 Å². The van der Waals surface area contributed by atoms with Crippen molar-refractivity contribution in [1.29, 1.82) is 0 Å². The average Bonchev–Trinajstić information content (AvgIpc) is 2.92. The van der Waals surface area contributed by atoms with Gasteiger partial charge in [0.15, 0.2) is 11.8 Å². The Morgan fingerprint density at radius 3 is 2.37 bits per heavy atom. The fraction of sp³-hybridized carbons (Fsp3) is 0.370. The van der Waals surface area contributed by atoms with Gasteiger partial charge in [0.25, 0.3) is 5.69 Å². The first-order chi connectivity index (χ1) is 19.4. The maximum atomic E-state index is 13.3. The summed E-state index contributed by atoms with van der Waals surface area (Å²) in [6.45, 7) is 4.79. The molecule has 216 valence electrons. The third kappa shape index (κ3) is 6.82. The Morgan fingerprint density at radius 1 is 1.10 bits per heavy atom. The number of benzene rings is 2. The molecular weight excluding hydrogens is 556 g/mol. The molecule has 2 aliphatic rings. The minimum absolute atomic E-state index is 0.0869. The van der Waals surface area contributed by atoms with Crippen molar-refractivity contribution in [2.24, 2.45) is 0 Å². The molecule has 2 fully saturated rings. The van der Waals surface area contributed by atoms with E-state index in [1.54, 1.807) is 51.1 Å². The number of nitro groups is 1. The molecule has 14 heteroatoms. The molecule has 0 aromatic heterocycles. The van der Waals surface area contributed by atoms with E-state index in [4.69, 9.17) is 9.47 Å². The number of thioether (sulfide) groups is 1. The highest BCUT2D eigenvalue weighted by molar-refractivity contribution is 8.00. The number of fused-ring (bicyclic) bond motifs is 1. The second-order valence-electron chi connectivity index (χ2n) is 10.3. The Kier molecular flexibility index (Phi) is 8.61. The number of nitrogens with one attached hydrogen (secondary N) is 2. The number of non-ortho nitro benzene ring substituents is 1. The van der Waals surface area contributed by atoms with Crippen LogP contribution in [0, 0.1) is 10.1 Å². The lowest BCUT2D eigenvalue weighted by Gasteiger charge is -2.51. The van der Waals surface area contributed by atoms with Gasteiger partial charge >= 0.3 is 12.1 Å². The van der Waals surface area contributed by atoms with E-state index in [2.05, 4.69) is 10.6 Å². The Hall–Kier alpha value is -4.46. The largest absolute Gasteiger partial charge is 0.459 e. The van der Waals surface area contributed by atoms with Gasteiger partial charge in [0, 0.05) is 12.1 Å². The highest BCUT2D eigenvalue weighted by atomic mass is 32.2. The van der Waals surface area contributed by atoms with Crippen LogP contribution in [0.25, 0.3) is 0 Å². The number of β-lactam (4-membered cyclic amide) rings is 1. The summed E-state index contributed by atoms with van der Waals surface area (Å²) in [7, 11) is 0. The molecule has 13 nitrogen and oxygen atoms in total. The molecule has 3 amide bonds. The first-order valence-corrected chi connectivity index (χ1v) is 13.6. The fourth-order valence-electron chi connectivity index (χ4n) is 4.27. The minimum atomic E-state index is -1.48. The molecule has 41 heavy (non-hydrogen) atoms. The molecule has 2 aromatic carbocycles. The lowest BCUT2D eigenvalue weighted by atomic mass is 9.99. The second-order valence-corrected chi connectivity index (χ2v) is 11.4. The molecule has 0 spiro atoms. The molecule has 2 aliphatic heterocycles. The molecule has 0 aliphatic carbocycles. The van der Waals surface area contributed by atoms with E-state index in [0.717, 1.165) is 16.7 Å². The summed E-state index contributed by atoms with van der Waals surface area (Å²) >= 11 is 1.10. The summed E-state index contributed by atoms with van der Waals surface area (Å²) in [6.07, 6.45) is -0.823. The Bertz CT molecular complexity index is 1360. The van der Waals surface area contributed by atoms with Crippen molar-refractivity contribution in [1.82, 2.24) is 15.5 Å². The summed E-state index contributed by atoms with van der Waals surface area (Å²) in [5, 5.41) is 15.3. The molecule has 2 saturated heterocycles. The van der Waals surface area contributed by atoms with Crippen molar-refractivity contribution >= 4 is 47.1 Å². The van der Waals surface area contributed by atoms with Crippen molar-refractivity contribution in [2.45, 2.75) is 56.5 Å². The summed E-state index contributed by atoms with van der Waals surface area (Å²) < 4.78 is 10.5. The summed E-state index contributed by atoms with van der Waals surface area (Å²) in [6, 6.07) is 10.1. The third-order valence-corrected chi connectivity index (χ3v) is 7.46. The molecule has 4 atom stereocenters. The van der Waals surface area contributed by atoms with Crippen molar-refractivity contribution in [3.05, 3.63) is 75.8 Å². The molecular formula is C27H28N4O9S. The van der Waals surface area contributed by atoms with Crippen LogP contribution < -0.4 is 10.6 Å². The fourth-order valence-corrected chi connectivity index (χ4v) is 5.53. The van der Waals surface area contributed by atoms with Gasteiger partial charge in [-0.15, -0.1) is 11.8 Å². The summed E-state index contributed by atoms with van der Waals surface area (Å²) in [5.74, 6) is -2.87. The topological polar surface area (TPSA) is 174 Å². The van der Waals surface area contributed by atoms with Crippen molar-refractivity contribution in [3.8, 4) is 0 Å². The standard InChI is InChI=1S/C27H28N4O9S/c1-27(2,3)40-26(36)29-19(16-7-5-4-6-8-16)22(33)28-20-23(34)30-21(18(32)14-41-24(20)30)25(35)39-13-15-9-11-17(12-10-15)31(37)38/h4-12,19-21,24H,13-14H2,1-3H3,(H,28,33)(H,29,36)/t19-,20?,21?,24-/m0/s1. The summed E-state index contributed by atoms with van der Waals surface area (Å²) in [4.78, 5) is 75.7. The first-order valence-electron chi connectivity index (χ1n) is 12.6. The van der Waals surface area contributed by atoms with E-state index in [0.29, 0.717) is 11.1 Å². The molecule has 2 heterocycles. The number of nitrogens with zero attached hydrogens (tertiary/aromatic N) is 2. The normalized spacial score (nSPS) is 20.7. The van der Waals surface area contributed by atoms with Crippen molar-refractivity contribution in [2.75, 3.05) is 5.75 Å². The number of hydrogen-bond acceptors (Lipinski definition) is 10. The zero-order chi connectivity index (χ0) is 29.9. The maximum Gasteiger partial charge on any atom is 0.408 e. The SMILES string of the molecule is CC(C)(C)OC(=O)N[C@H](C(=O)NC1C(=O)N2C(C(=O)OCc3ccc([N+](=O)[O-])cc3)C(=O)CS[C@@H]12)c1ccccc1. The number of hydrogen-bond donors (Lipinski definition) is 2. The first kappa shape index (κ1) is 29.5. The predicted octanol–water partition coefficient (Wildman–Crippen LogP) is 2.24. The van der Waals surface area contributed by atoms with Crippen LogP contribution in [0.4, 0.5) is 10.5 Å². The monoisotopic (exact) mass is 584 g/mol. The number of rotatable bonds is 8. The highest BCUT2D eigenvalue weighted by Crippen LogP contribution is 2.37. The van der Waals surface area contributed by atoms with E-state index in [1.807, 2.05) is 0 Å². The van der Waals surface area contributed by atoms with Crippen molar-refractivity contribution in [3.63, 3.8) is 0 Å². The van der Waals surface area contributed by atoms with Crippen LogP contribution in [0.5, 0.6) is 0 Å². The van der Waals surface area contributed by atoms with E-state index in [1.165, 1.54) is 24.3 Å². The molecule has 0 saturated carbocycles. The van der Waals surface area contributed by atoms with Gasteiger partial charge < -0.3 is 25.0 Å². The number of ketones is 1. The number of amides is 3. The number of carbonyl (C=O) groups is 5. The van der Waals surface area contributed by atoms with Crippen LogP contribution in [-0.2, 0) is 35.3 Å². The molecule has 4 rings (SSSR count). The Morgan fingerprint density at radius 2 is 1.76 bits per heavy atom. The summed E-state index contributed by atoms with van der Waals surface area (Å²) in [5.41, 5.74) is -0.0154. The number of alkyl carbamates (subject to hydrolysis) is 1. The van der Waals surface area contributed by atoms with Gasteiger partial charge in [0.1, 0.15) is 29.7 Å². The van der Waals surface area contributed by atoms with Gasteiger partial charge in [-0.3, -0.25) is 24.5 Å². The molecule has 2 unspecified atom stereocenters. The van der Waals surface area contributed by atoms with Crippen LogP contribution in [-0.4, -0.2) is 68.3 Å². The van der Waals surface area contributed by atoms with Crippen LogP contribution in [0.15, 0.2) is 54.6 Å². The van der Waals surface area contributed by atoms with Crippen LogP contribution in [0.2, 0.25) is 0 Å². The Labute approximate surface area is 239 Å². The zero-order valence-corrected chi connectivity index (χ0v) is 23.2. The Balaban J connectivity index is 1.42.